The first kappa shape index (κ1) is 13.5. The monoisotopic (exact) mass is 261 g/mol. The molecule has 1 aromatic heterocycles. The van der Waals surface area contributed by atoms with Gasteiger partial charge < -0.3 is 15.0 Å². The normalized spacial score (nSPS) is 11.1. The molecule has 0 aliphatic carbocycles. The third-order valence-corrected chi connectivity index (χ3v) is 2.71. The fourth-order valence-corrected chi connectivity index (χ4v) is 1.77. The first-order chi connectivity index (χ1) is 9.16. The Labute approximate surface area is 112 Å². The molecule has 1 heterocycles. The molecule has 102 valence electrons. The fourth-order valence-electron chi connectivity index (χ4n) is 1.77. The van der Waals surface area contributed by atoms with Crippen LogP contribution in [-0.4, -0.2) is 29.7 Å². The zero-order chi connectivity index (χ0) is 13.7. The maximum Gasteiger partial charge on any atom is 0.258 e. The van der Waals surface area contributed by atoms with Crippen LogP contribution in [0.3, 0.4) is 0 Å². The van der Waals surface area contributed by atoms with Crippen molar-refractivity contribution in [3.8, 4) is 5.75 Å². The molecule has 0 bridgehead atoms. The van der Waals surface area contributed by atoms with Gasteiger partial charge in [0, 0.05) is 12.6 Å². The molecule has 2 rings (SSSR count). The summed E-state index contributed by atoms with van der Waals surface area (Å²) in [6.45, 7) is 6.72. The van der Waals surface area contributed by atoms with Crippen LogP contribution in [0.4, 0.5) is 0 Å². The molecule has 5 nitrogen and oxygen atoms in total. The van der Waals surface area contributed by atoms with Gasteiger partial charge in [0.05, 0.1) is 17.2 Å². The van der Waals surface area contributed by atoms with Crippen molar-refractivity contribution in [2.75, 3.05) is 19.7 Å². The van der Waals surface area contributed by atoms with E-state index in [1.807, 2.05) is 0 Å². The minimum absolute atomic E-state index is 0.129. The zero-order valence-electron chi connectivity index (χ0n) is 11.3. The van der Waals surface area contributed by atoms with E-state index in [9.17, 15) is 4.79 Å². The molecule has 2 N–H and O–H groups in total. The van der Waals surface area contributed by atoms with Crippen molar-refractivity contribution in [1.82, 2.24) is 15.3 Å². The van der Waals surface area contributed by atoms with Gasteiger partial charge in [-0.3, -0.25) is 4.79 Å². The number of benzene rings is 1. The Kier molecular flexibility index (Phi) is 4.52. The number of hydrogen-bond acceptors (Lipinski definition) is 4. The van der Waals surface area contributed by atoms with Gasteiger partial charge in [0.2, 0.25) is 0 Å². The summed E-state index contributed by atoms with van der Waals surface area (Å²) in [4.78, 5) is 18.2. The quantitative estimate of drug-likeness (QED) is 0.774. The first-order valence-electron chi connectivity index (χ1n) is 6.48. The number of rotatable bonds is 6. The minimum Gasteiger partial charge on any atom is -0.492 e. The molecule has 19 heavy (non-hydrogen) atoms. The Hall–Kier alpha value is -1.88. The highest BCUT2D eigenvalue weighted by Gasteiger charge is 2.01. The second-order valence-electron chi connectivity index (χ2n) is 4.86. The second-order valence-corrected chi connectivity index (χ2v) is 4.86. The first-order valence-corrected chi connectivity index (χ1v) is 6.48. The van der Waals surface area contributed by atoms with Crippen molar-refractivity contribution in [1.29, 1.82) is 0 Å². The summed E-state index contributed by atoms with van der Waals surface area (Å²) in [5, 5.41) is 3.88. The summed E-state index contributed by atoms with van der Waals surface area (Å²) in [5.41, 5.74) is 0.520. The maximum absolute atomic E-state index is 11.5. The van der Waals surface area contributed by atoms with E-state index >= 15 is 0 Å². The smallest absolute Gasteiger partial charge is 0.258 e. The Morgan fingerprint density at radius 2 is 2.26 bits per heavy atom. The van der Waals surface area contributed by atoms with Crippen LogP contribution in [0, 0.1) is 5.92 Å². The summed E-state index contributed by atoms with van der Waals surface area (Å²) < 4.78 is 5.62. The van der Waals surface area contributed by atoms with Crippen molar-refractivity contribution >= 4 is 10.9 Å². The molecule has 1 aromatic carbocycles. The average Bonchev–Trinajstić information content (AvgIpc) is 2.38. The predicted octanol–water partition coefficient (Wildman–Crippen LogP) is 1.55. The highest BCUT2D eigenvalue weighted by atomic mass is 16.5. The van der Waals surface area contributed by atoms with Gasteiger partial charge in [-0.05, 0) is 24.6 Å². The summed E-state index contributed by atoms with van der Waals surface area (Å²) in [7, 11) is 0. The highest BCUT2D eigenvalue weighted by Crippen LogP contribution is 2.15. The largest absolute Gasteiger partial charge is 0.492 e. The van der Waals surface area contributed by atoms with Crippen molar-refractivity contribution in [2.24, 2.45) is 5.92 Å². The number of nitrogens with zero attached hydrogens (tertiary/aromatic N) is 1. The third kappa shape index (κ3) is 3.79. The van der Waals surface area contributed by atoms with E-state index in [0.717, 1.165) is 18.8 Å². The van der Waals surface area contributed by atoms with Crippen molar-refractivity contribution in [3.05, 3.63) is 34.9 Å². The molecule has 0 unspecified atom stereocenters. The van der Waals surface area contributed by atoms with E-state index in [4.69, 9.17) is 4.74 Å². The summed E-state index contributed by atoms with van der Waals surface area (Å²) >= 11 is 0. The predicted molar refractivity (Wildman–Crippen MR) is 75.6 cm³/mol. The Balaban J connectivity index is 1.93. The molecule has 0 aliphatic rings. The van der Waals surface area contributed by atoms with Crippen LogP contribution >= 0.6 is 0 Å². The van der Waals surface area contributed by atoms with Crippen LogP contribution in [0.15, 0.2) is 29.3 Å². The number of H-pyrrole nitrogens is 1. The molecule has 5 heteroatoms. The number of hydrogen-bond donors (Lipinski definition) is 2. The summed E-state index contributed by atoms with van der Waals surface area (Å²) in [6.07, 6.45) is 1.40. The van der Waals surface area contributed by atoms with Gasteiger partial charge in [0.25, 0.3) is 5.56 Å². The molecule has 0 amide bonds. The third-order valence-electron chi connectivity index (χ3n) is 2.71. The maximum atomic E-state index is 11.5. The zero-order valence-corrected chi connectivity index (χ0v) is 11.3. The van der Waals surface area contributed by atoms with Crippen molar-refractivity contribution in [3.63, 3.8) is 0 Å². The molecule has 0 saturated heterocycles. The van der Waals surface area contributed by atoms with Crippen LogP contribution in [0.25, 0.3) is 10.9 Å². The average molecular weight is 261 g/mol. The molecule has 2 aromatic rings. The van der Waals surface area contributed by atoms with Gasteiger partial charge in [-0.15, -0.1) is 0 Å². The Bertz CT molecular complexity index is 593. The van der Waals surface area contributed by atoms with Crippen LogP contribution in [0.2, 0.25) is 0 Å². The van der Waals surface area contributed by atoms with E-state index in [1.165, 1.54) is 6.33 Å². The molecule has 0 fully saturated rings. The van der Waals surface area contributed by atoms with E-state index in [2.05, 4.69) is 29.1 Å². The standard InChI is InChI=1S/C14H19N3O2/c1-10(2)8-15-5-6-19-11-3-4-12-13(7-11)16-9-17-14(12)18/h3-4,7,9-10,15H,5-6,8H2,1-2H3,(H,16,17,18). The lowest BCUT2D eigenvalue weighted by atomic mass is 10.2. The van der Waals surface area contributed by atoms with E-state index < -0.39 is 0 Å². The molecule has 0 atom stereocenters. The van der Waals surface area contributed by atoms with Gasteiger partial charge in [0.15, 0.2) is 0 Å². The molecule has 0 spiro atoms. The molecule has 0 saturated carbocycles. The number of fused-ring (bicyclic) bond motifs is 1. The van der Waals surface area contributed by atoms with E-state index in [0.29, 0.717) is 23.4 Å². The van der Waals surface area contributed by atoms with Crippen LogP contribution < -0.4 is 15.6 Å². The lowest BCUT2D eigenvalue weighted by Crippen LogP contribution is -2.24. The topological polar surface area (TPSA) is 67.0 Å². The summed E-state index contributed by atoms with van der Waals surface area (Å²) in [5.74, 6) is 1.37. The Morgan fingerprint density at radius 1 is 1.42 bits per heavy atom. The number of aromatic nitrogens is 2. The molecule has 0 aliphatic heterocycles. The second kappa shape index (κ2) is 6.33. The van der Waals surface area contributed by atoms with Gasteiger partial charge in [-0.25, -0.2) is 4.98 Å². The van der Waals surface area contributed by atoms with Crippen LogP contribution in [0.5, 0.6) is 5.75 Å². The van der Waals surface area contributed by atoms with Gasteiger partial charge in [-0.1, -0.05) is 13.8 Å². The summed E-state index contributed by atoms with van der Waals surface area (Å²) in [6, 6.07) is 5.31. The van der Waals surface area contributed by atoms with Gasteiger partial charge in [0.1, 0.15) is 12.4 Å². The van der Waals surface area contributed by atoms with E-state index in [1.54, 1.807) is 18.2 Å². The molecular formula is C14H19N3O2. The van der Waals surface area contributed by atoms with Crippen molar-refractivity contribution in [2.45, 2.75) is 13.8 Å². The highest BCUT2D eigenvalue weighted by molar-refractivity contribution is 5.78. The number of nitrogens with one attached hydrogen (secondary N) is 2. The lowest BCUT2D eigenvalue weighted by Gasteiger charge is -2.09. The van der Waals surface area contributed by atoms with Crippen molar-refractivity contribution < 1.29 is 4.74 Å². The lowest BCUT2D eigenvalue weighted by molar-refractivity contribution is 0.311. The van der Waals surface area contributed by atoms with Crippen LogP contribution in [-0.2, 0) is 0 Å². The number of ether oxygens (including phenoxy) is 1. The minimum atomic E-state index is -0.129. The Morgan fingerprint density at radius 3 is 3.05 bits per heavy atom. The van der Waals surface area contributed by atoms with E-state index in [-0.39, 0.29) is 5.56 Å². The molecular weight excluding hydrogens is 242 g/mol. The SMILES string of the molecule is CC(C)CNCCOc1ccc2c(=O)[nH]cnc2c1. The molecule has 0 radical (unpaired) electrons. The van der Waals surface area contributed by atoms with Crippen LogP contribution in [0.1, 0.15) is 13.8 Å². The van der Waals surface area contributed by atoms with Gasteiger partial charge in [-0.2, -0.15) is 0 Å². The van der Waals surface area contributed by atoms with Gasteiger partial charge >= 0.3 is 0 Å². The fraction of sp³-hybridized carbons (Fsp3) is 0.429. The number of aromatic amines is 1.